The lowest BCUT2D eigenvalue weighted by atomic mass is 9.43. The van der Waals surface area contributed by atoms with Crippen molar-refractivity contribution < 1.29 is 9.16 Å². The summed E-state index contributed by atoms with van der Waals surface area (Å²) in [6.07, 6.45) is 6.69. The molecule has 0 spiro atoms. The molecule has 1 aromatic rings. The highest BCUT2D eigenvalue weighted by Crippen LogP contribution is 2.74. The zero-order chi connectivity index (χ0) is 23.2. The lowest BCUT2D eigenvalue weighted by molar-refractivity contribution is -0.0953. The van der Waals surface area contributed by atoms with Gasteiger partial charge in [-0.3, -0.25) is 4.90 Å². The number of ether oxygens (including phenoxy) is 1. The van der Waals surface area contributed by atoms with Crippen LogP contribution in [0.25, 0.3) is 0 Å². The third-order valence-corrected chi connectivity index (χ3v) is 15.8. The van der Waals surface area contributed by atoms with Crippen molar-refractivity contribution in [2.45, 2.75) is 88.5 Å². The highest BCUT2D eigenvalue weighted by atomic mass is 28.4. The number of hydrogen-bond acceptors (Lipinski definition) is 4. The fraction of sp³-hybridized carbons (Fsp3) is 0.786. The van der Waals surface area contributed by atoms with E-state index in [1.165, 1.54) is 45.2 Å². The Hall–Kier alpha value is -0.883. The van der Waals surface area contributed by atoms with E-state index in [1.807, 2.05) is 7.11 Å². The average molecular weight is 469 g/mol. The van der Waals surface area contributed by atoms with E-state index in [0.29, 0.717) is 16.9 Å². The summed E-state index contributed by atoms with van der Waals surface area (Å²) in [7, 11) is 0.122. The Morgan fingerprint density at radius 3 is 2.79 bits per heavy atom. The Morgan fingerprint density at radius 2 is 2.03 bits per heavy atom. The first-order chi connectivity index (χ1) is 15.6. The molecule has 4 nitrogen and oxygen atoms in total. The fourth-order valence-corrected chi connectivity index (χ4v) is 10.0. The first-order valence-electron chi connectivity index (χ1n) is 13.4. The van der Waals surface area contributed by atoms with Gasteiger partial charge in [0, 0.05) is 30.7 Å². The zero-order valence-corrected chi connectivity index (χ0v) is 22.7. The molecule has 182 valence electrons. The minimum atomic E-state index is -1.70. The van der Waals surface area contributed by atoms with E-state index >= 15 is 0 Å². The molecule has 1 aromatic carbocycles. The summed E-state index contributed by atoms with van der Waals surface area (Å²) in [5.74, 6) is 2.71. The Kier molecular flexibility index (Phi) is 5.00. The predicted molar refractivity (Wildman–Crippen MR) is 137 cm³/mol. The Balaban J connectivity index is 1.35. The number of nitrogens with one attached hydrogen (secondary N) is 1. The van der Waals surface area contributed by atoms with Crippen LogP contribution < -0.4 is 10.1 Å². The highest BCUT2D eigenvalue weighted by Gasteiger charge is 2.74. The second-order valence-corrected chi connectivity index (χ2v) is 18.1. The lowest BCUT2D eigenvalue weighted by Crippen LogP contribution is -2.69. The topological polar surface area (TPSA) is 33.7 Å². The molecular weight excluding hydrogens is 424 g/mol. The van der Waals surface area contributed by atoms with E-state index < -0.39 is 8.32 Å². The van der Waals surface area contributed by atoms with E-state index in [0.717, 1.165) is 36.8 Å². The number of benzene rings is 1. The average Bonchev–Trinajstić information content (AvgIpc) is 3.24. The molecule has 0 radical (unpaired) electrons. The van der Waals surface area contributed by atoms with Crippen LogP contribution >= 0.6 is 0 Å². The van der Waals surface area contributed by atoms with Gasteiger partial charge in [0.1, 0.15) is 5.75 Å². The standard InChI is InChI=1S/C28H44N2O2Si/c1-26(2,3)33(5,6)32-14-13-30-12-11-28-22-16-21(31-4)8-7-19(22)15-24(30)27(28)10-9-23-25(28)20(17-27)18-29-23/h7-8,16,20,23-25,29H,9-15,17-18H2,1-6H3/t20-,23?,24?,25?,27?,28?/m1/s1. The van der Waals surface area contributed by atoms with Crippen LogP contribution in [0.1, 0.15) is 57.6 Å². The van der Waals surface area contributed by atoms with Crippen molar-refractivity contribution in [1.82, 2.24) is 10.2 Å². The second kappa shape index (κ2) is 7.31. The highest BCUT2D eigenvalue weighted by molar-refractivity contribution is 6.74. The molecule has 6 atom stereocenters. The van der Waals surface area contributed by atoms with Gasteiger partial charge in [-0.15, -0.1) is 0 Å². The van der Waals surface area contributed by atoms with Gasteiger partial charge in [-0.1, -0.05) is 26.8 Å². The number of methoxy groups -OCH3 is 1. The van der Waals surface area contributed by atoms with Crippen molar-refractivity contribution in [2.75, 3.05) is 33.4 Å². The first kappa shape index (κ1) is 22.6. The van der Waals surface area contributed by atoms with Crippen molar-refractivity contribution >= 4 is 8.32 Å². The van der Waals surface area contributed by atoms with Crippen LogP contribution in [0.3, 0.4) is 0 Å². The zero-order valence-electron chi connectivity index (χ0n) is 21.7. The van der Waals surface area contributed by atoms with Crippen LogP contribution in [-0.2, 0) is 16.3 Å². The summed E-state index contributed by atoms with van der Waals surface area (Å²) >= 11 is 0. The Morgan fingerprint density at radius 1 is 1.21 bits per heavy atom. The normalized spacial score (nSPS) is 39.3. The molecule has 5 unspecified atom stereocenters. The van der Waals surface area contributed by atoms with Crippen LogP contribution in [0.4, 0.5) is 0 Å². The van der Waals surface area contributed by atoms with Crippen molar-refractivity contribution in [2.24, 2.45) is 17.3 Å². The van der Waals surface area contributed by atoms with Crippen LogP contribution in [0.2, 0.25) is 18.1 Å². The third kappa shape index (κ3) is 2.92. The summed E-state index contributed by atoms with van der Waals surface area (Å²) < 4.78 is 12.4. The number of fused-ring (bicyclic) bond motifs is 1. The van der Waals surface area contributed by atoms with E-state index in [2.05, 4.69) is 62.3 Å². The summed E-state index contributed by atoms with van der Waals surface area (Å²) in [6, 6.07) is 8.43. The molecule has 5 aliphatic rings. The summed E-state index contributed by atoms with van der Waals surface area (Å²) in [6.45, 7) is 16.3. The summed E-state index contributed by atoms with van der Waals surface area (Å²) in [4.78, 5) is 2.87. The minimum absolute atomic E-state index is 0.278. The molecule has 33 heavy (non-hydrogen) atoms. The third-order valence-electron chi connectivity index (χ3n) is 11.3. The molecule has 0 aromatic heterocycles. The Labute approximate surface area is 201 Å². The van der Waals surface area contributed by atoms with Gasteiger partial charge in [0.15, 0.2) is 8.32 Å². The first-order valence-corrected chi connectivity index (χ1v) is 16.3. The maximum Gasteiger partial charge on any atom is 0.192 e. The Bertz CT molecular complexity index is 942. The molecule has 2 heterocycles. The molecule has 3 aliphatic carbocycles. The van der Waals surface area contributed by atoms with Gasteiger partial charge in [0.25, 0.3) is 0 Å². The molecule has 2 saturated heterocycles. The summed E-state index contributed by atoms with van der Waals surface area (Å²) in [5.41, 5.74) is 4.04. The van der Waals surface area contributed by atoms with Crippen molar-refractivity contribution in [3.8, 4) is 5.75 Å². The molecule has 1 N–H and O–H groups in total. The molecule has 0 amide bonds. The largest absolute Gasteiger partial charge is 0.497 e. The maximum atomic E-state index is 6.67. The van der Waals surface area contributed by atoms with E-state index in [9.17, 15) is 0 Å². The summed E-state index contributed by atoms with van der Waals surface area (Å²) in [5, 5.41) is 4.23. The smallest absolute Gasteiger partial charge is 0.192 e. The van der Waals surface area contributed by atoms with Crippen LogP contribution in [0.5, 0.6) is 5.75 Å². The quantitative estimate of drug-likeness (QED) is 0.619. The fourth-order valence-electron chi connectivity index (χ4n) is 8.97. The van der Waals surface area contributed by atoms with Gasteiger partial charge in [-0.25, -0.2) is 0 Å². The SMILES string of the molecule is COc1ccc2c(c1)C13CCN(CCO[Si](C)(C)C(C)(C)C)C(C2)C12CCC1NC[C@@H](C2)C13. The number of likely N-dealkylation sites (tertiary alicyclic amines) is 1. The minimum Gasteiger partial charge on any atom is -0.497 e. The number of nitrogens with zero attached hydrogens (tertiary/aromatic N) is 1. The van der Waals surface area contributed by atoms with Crippen LogP contribution in [-0.4, -0.2) is 58.7 Å². The van der Waals surface area contributed by atoms with Crippen LogP contribution in [0, 0.1) is 17.3 Å². The van der Waals surface area contributed by atoms with E-state index in [1.54, 1.807) is 11.1 Å². The van der Waals surface area contributed by atoms with E-state index in [-0.39, 0.29) is 5.04 Å². The van der Waals surface area contributed by atoms with Gasteiger partial charge in [0.05, 0.1) is 7.11 Å². The van der Waals surface area contributed by atoms with Gasteiger partial charge in [-0.2, -0.15) is 0 Å². The second-order valence-electron chi connectivity index (χ2n) is 13.3. The number of hydrogen-bond donors (Lipinski definition) is 1. The van der Waals surface area contributed by atoms with Gasteiger partial charge in [-0.05, 0) is 104 Å². The molecule has 4 fully saturated rings. The molecule has 2 aliphatic heterocycles. The van der Waals surface area contributed by atoms with E-state index in [4.69, 9.17) is 9.16 Å². The van der Waals surface area contributed by atoms with Gasteiger partial charge < -0.3 is 14.5 Å². The molecule has 5 heteroatoms. The number of piperidine rings is 1. The predicted octanol–water partition coefficient (Wildman–Crippen LogP) is 4.97. The van der Waals surface area contributed by atoms with Gasteiger partial charge >= 0.3 is 0 Å². The maximum absolute atomic E-state index is 6.67. The van der Waals surface area contributed by atoms with Gasteiger partial charge in [0.2, 0.25) is 0 Å². The van der Waals surface area contributed by atoms with Crippen molar-refractivity contribution in [1.29, 1.82) is 0 Å². The number of rotatable bonds is 5. The monoisotopic (exact) mass is 468 g/mol. The van der Waals surface area contributed by atoms with Crippen molar-refractivity contribution in [3.05, 3.63) is 29.3 Å². The molecule has 2 saturated carbocycles. The van der Waals surface area contributed by atoms with Crippen LogP contribution in [0.15, 0.2) is 18.2 Å². The lowest BCUT2D eigenvalue weighted by Gasteiger charge is -2.66. The molecule has 4 bridgehead atoms. The molecule has 6 rings (SSSR count). The van der Waals surface area contributed by atoms with Crippen molar-refractivity contribution in [3.63, 3.8) is 0 Å². The molecular formula is C28H44N2O2Si.